The molecule has 3 aromatic rings. The fraction of sp³-hybridized carbons (Fsp3) is 0.294. The summed E-state index contributed by atoms with van der Waals surface area (Å²) >= 11 is 5.14. The van der Waals surface area contributed by atoms with E-state index >= 15 is 0 Å². The number of nitrogens with one attached hydrogen (secondary N) is 1. The molecule has 0 saturated heterocycles. The maximum atomic E-state index is 11.8. The SMILES string of the molecule is Cc1nc(-c2ccc(CCNC(=O)CCc3cccs3)s2)cs1. The zero-order valence-corrected chi connectivity index (χ0v) is 15.3. The van der Waals surface area contributed by atoms with Gasteiger partial charge in [-0.05, 0) is 43.3 Å². The zero-order chi connectivity index (χ0) is 16.1. The summed E-state index contributed by atoms with van der Waals surface area (Å²) in [6.07, 6.45) is 2.27. The van der Waals surface area contributed by atoms with E-state index in [1.165, 1.54) is 14.6 Å². The zero-order valence-electron chi connectivity index (χ0n) is 12.9. The second kappa shape index (κ2) is 7.86. The lowest BCUT2D eigenvalue weighted by atomic mass is 10.2. The summed E-state index contributed by atoms with van der Waals surface area (Å²) in [5.41, 5.74) is 1.06. The van der Waals surface area contributed by atoms with Crippen molar-refractivity contribution in [1.82, 2.24) is 10.3 Å². The Hall–Kier alpha value is -1.50. The molecule has 3 heterocycles. The molecule has 0 aliphatic rings. The molecule has 0 saturated carbocycles. The van der Waals surface area contributed by atoms with Crippen LogP contribution in [0.5, 0.6) is 0 Å². The maximum Gasteiger partial charge on any atom is 0.220 e. The van der Waals surface area contributed by atoms with Crippen molar-refractivity contribution in [1.29, 1.82) is 0 Å². The van der Waals surface area contributed by atoms with Gasteiger partial charge >= 0.3 is 0 Å². The average molecular weight is 363 g/mol. The highest BCUT2D eigenvalue weighted by Crippen LogP contribution is 2.29. The lowest BCUT2D eigenvalue weighted by Crippen LogP contribution is -2.25. The summed E-state index contributed by atoms with van der Waals surface area (Å²) in [4.78, 5) is 20.1. The van der Waals surface area contributed by atoms with E-state index in [1.54, 1.807) is 34.0 Å². The van der Waals surface area contributed by atoms with E-state index in [2.05, 4.69) is 33.9 Å². The Morgan fingerprint density at radius 3 is 2.83 bits per heavy atom. The monoisotopic (exact) mass is 362 g/mol. The molecule has 1 N–H and O–H groups in total. The van der Waals surface area contributed by atoms with Crippen LogP contribution in [-0.4, -0.2) is 17.4 Å². The Labute approximate surface area is 148 Å². The van der Waals surface area contributed by atoms with Crippen LogP contribution in [0.4, 0.5) is 0 Å². The van der Waals surface area contributed by atoms with Gasteiger partial charge in [0.2, 0.25) is 5.91 Å². The van der Waals surface area contributed by atoms with E-state index in [1.807, 2.05) is 18.4 Å². The number of thiazole rings is 1. The first-order valence-corrected chi connectivity index (χ1v) is 10.1. The van der Waals surface area contributed by atoms with Crippen LogP contribution in [0.25, 0.3) is 10.6 Å². The lowest BCUT2D eigenvalue weighted by molar-refractivity contribution is -0.121. The second-order valence-corrected chi connectivity index (χ2v) is 8.46. The number of amides is 1. The number of aryl methyl sites for hydroxylation is 2. The molecule has 0 bridgehead atoms. The normalized spacial score (nSPS) is 10.8. The third kappa shape index (κ3) is 4.73. The first kappa shape index (κ1) is 16.4. The summed E-state index contributed by atoms with van der Waals surface area (Å²) in [6, 6.07) is 8.35. The van der Waals surface area contributed by atoms with Gasteiger partial charge in [-0.3, -0.25) is 4.79 Å². The molecule has 1 amide bonds. The first-order chi connectivity index (χ1) is 11.2. The number of thiophene rings is 2. The van der Waals surface area contributed by atoms with Gasteiger partial charge in [-0.1, -0.05) is 6.07 Å². The van der Waals surface area contributed by atoms with E-state index in [-0.39, 0.29) is 5.91 Å². The summed E-state index contributed by atoms with van der Waals surface area (Å²) in [7, 11) is 0. The predicted molar refractivity (Wildman–Crippen MR) is 99.5 cm³/mol. The molecule has 0 spiro atoms. The number of aromatic nitrogens is 1. The molecule has 23 heavy (non-hydrogen) atoms. The van der Waals surface area contributed by atoms with Gasteiger partial charge in [-0.2, -0.15) is 0 Å². The molecule has 0 unspecified atom stereocenters. The molecule has 3 nitrogen and oxygen atoms in total. The van der Waals surface area contributed by atoms with Crippen molar-refractivity contribution >= 4 is 39.9 Å². The number of carbonyl (C=O) groups is 1. The van der Waals surface area contributed by atoms with Crippen molar-refractivity contribution < 1.29 is 4.79 Å². The quantitative estimate of drug-likeness (QED) is 0.671. The van der Waals surface area contributed by atoms with E-state index in [9.17, 15) is 4.79 Å². The van der Waals surface area contributed by atoms with Crippen LogP contribution in [0.3, 0.4) is 0 Å². The Kier molecular flexibility index (Phi) is 5.59. The molecule has 3 aromatic heterocycles. The molecule has 0 aliphatic carbocycles. The topological polar surface area (TPSA) is 42.0 Å². The fourth-order valence-electron chi connectivity index (χ4n) is 2.23. The van der Waals surface area contributed by atoms with E-state index in [4.69, 9.17) is 0 Å². The molecule has 0 atom stereocenters. The molecule has 0 fully saturated rings. The van der Waals surface area contributed by atoms with Crippen LogP contribution in [0.2, 0.25) is 0 Å². The minimum absolute atomic E-state index is 0.130. The van der Waals surface area contributed by atoms with Crippen LogP contribution in [-0.2, 0) is 17.6 Å². The van der Waals surface area contributed by atoms with Gasteiger partial charge in [0.15, 0.2) is 0 Å². The van der Waals surface area contributed by atoms with Crippen LogP contribution >= 0.6 is 34.0 Å². The highest BCUT2D eigenvalue weighted by Gasteiger charge is 2.07. The van der Waals surface area contributed by atoms with Crippen molar-refractivity contribution in [2.24, 2.45) is 0 Å². The highest BCUT2D eigenvalue weighted by molar-refractivity contribution is 7.16. The van der Waals surface area contributed by atoms with Crippen LogP contribution in [0, 0.1) is 6.92 Å². The first-order valence-electron chi connectivity index (χ1n) is 7.51. The highest BCUT2D eigenvalue weighted by atomic mass is 32.1. The van der Waals surface area contributed by atoms with Gasteiger partial charge in [0.1, 0.15) is 0 Å². The minimum Gasteiger partial charge on any atom is -0.356 e. The third-order valence-corrected chi connectivity index (χ3v) is 6.28. The molecule has 6 heteroatoms. The van der Waals surface area contributed by atoms with Gasteiger partial charge in [-0.15, -0.1) is 34.0 Å². The standard InChI is InChI=1S/C17H18N2OS3/c1-12-19-15(11-22-12)16-6-4-14(23-16)8-9-18-17(20)7-5-13-3-2-10-21-13/h2-4,6,10-11H,5,7-9H2,1H3,(H,18,20). The largest absolute Gasteiger partial charge is 0.356 e. The second-order valence-electron chi connectivity index (χ2n) is 5.20. The molecule has 0 radical (unpaired) electrons. The Morgan fingerprint density at radius 1 is 1.17 bits per heavy atom. The summed E-state index contributed by atoms with van der Waals surface area (Å²) < 4.78 is 0. The average Bonchev–Trinajstić information content (AvgIpc) is 3.26. The van der Waals surface area contributed by atoms with Crippen LogP contribution < -0.4 is 5.32 Å². The van der Waals surface area contributed by atoms with Gasteiger partial charge in [0.25, 0.3) is 0 Å². The van der Waals surface area contributed by atoms with Gasteiger partial charge in [0.05, 0.1) is 15.6 Å². The molecule has 120 valence electrons. The number of nitrogens with zero attached hydrogens (tertiary/aromatic N) is 1. The van der Waals surface area contributed by atoms with Crippen molar-refractivity contribution in [2.45, 2.75) is 26.2 Å². The fourth-order valence-corrected chi connectivity index (χ4v) is 4.60. The number of rotatable bonds is 7. The van der Waals surface area contributed by atoms with Gasteiger partial charge in [-0.25, -0.2) is 4.98 Å². The molecule has 0 aromatic carbocycles. The van der Waals surface area contributed by atoms with Gasteiger partial charge in [0, 0.05) is 28.1 Å². The number of hydrogen-bond donors (Lipinski definition) is 1. The van der Waals surface area contributed by atoms with Crippen molar-refractivity contribution in [3.8, 4) is 10.6 Å². The predicted octanol–water partition coefficient (Wildman–Crippen LogP) is 4.53. The Morgan fingerprint density at radius 2 is 2.09 bits per heavy atom. The summed E-state index contributed by atoms with van der Waals surface area (Å²) in [5.74, 6) is 0.130. The van der Waals surface area contributed by atoms with Crippen molar-refractivity contribution in [2.75, 3.05) is 6.54 Å². The van der Waals surface area contributed by atoms with Crippen molar-refractivity contribution in [3.05, 3.63) is 49.8 Å². The third-order valence-electron chi connectivity index (χ3n) is 3.41. The maximum absolute atomic E-state index is 11.8. The van der Waals surface area contributed by atoms with Crippen LogP contribution in [0.15, 0.2) is 35.0 Å². The Balaban J connectivity index is 1.42. The van der Waals surface area contributed by atoms with Gasteiger partial charge < -0.3 is 5.32 Å². The molecule has 3 rings (SSSR count). The molecule has 0 aliphatic heterocycles. The lowest BCUT2D eigenvalue weighted by Gasteiger charge is -2.03. The molecular formula is C17H18N2OS3. The summed E-state index contributed by atoms with van der Waals surface area (Å²) in [6.45, 7) is 2.72. The van der Waals surface area contributed by atoms with E-state index < -0.39 is 0 Å². The Bertz CT molecular complexity index is 759. The van der Waals surface area contributed by atoms with E-state index in [0.29, 0.717) is 13.0 Å². The smallest absolute Gasteiger partial charge is 0.220 e. The van der Waals surface area contributed by atoms with E-state index in [0.717, 1.165) is 23.5 Å². The number of hydrogen-bond acceptors (Lipinski definition) is 5. The minimum atomic E-state index is 0.130. The number of carbonyl (C=O) groups excluding carboxylic acids is 1. The van der Waals surface area contributed by atoms with Crippen LogP contribution in [0.1, 0.15) is 21.2 Å². The summed E-state index contributed by atoms with van der Waals surface area (Å²) in [5, 5.41) is 8.24. The molecular weight excluding hydrogens is 344 g/mol. The van der Waals surface area contributed by atoms with Crippen molar-refractivity contribution in [3.63, 3.8) is 0 Å².